The Hall–Kier alpha value is -2.95. The zero-order chi connectivity index (χ0) is 19.0. The van der Waals surface area contributed by atoms with Gasteiger partial charge in [0, 0.05) is 5.56 Å². The van der Waals surface area contributed by atoms with Crippen molar-refractivity contribution in [1.29, 1.82) is 0 Å². The number of alkyl halides is 1. The first kappa shape index (κ1) is 17.5. The number of benzene rings is 1. The van der Waals surface area contributed by atoms with Crippen molar-refractivity contribution >= 4 is 22.9 Å². The molecule has 2 aromatic heterocycles. The van der Waals surface area contributed by atoms with Gasteiger partial charge in [-0.3, -0.25) is 9.36 Å². The molecule has 10 heteroatoms. The van der Waals surface area contributed by atoms with Crippen LogP contribution in [0.3, 0.4) is 0 Å². The Morgan fingerprint density at radius 3 is 2.74 bits per heavy atom. The van der Waals surface area contributed by atoms with Gasteiger partial charge in [0.15, 0.2) is 29.4 Å². The van der Waals surface area contributed by atoms with Crippen molar-refractivity contribution in [3.8, 4) is 0 Å². The molecule has 140 valence electrons. The first-order valence-corrected chi connectivity index (χ1v) is 8.22. The van der Waals surface area contributed by atoms with Gasteiger partial charge >= 0.3 is 0 Å². The number of aliphatic hydroxyl groups excluding tert-OH is 2. The molecule has 3 N–H and O–H groups in total. The molecule has 1 aliphatic heterocycles. The number of hydrogen-bond donors (Lipinski definition) is 3. The van der Waals surface area contributed by atoms with E-state index in [-0.39, 0.29) is 22.9 Å². The molecular weight excluding hydrogens is 357 g/mol. The molecule has 1 amide bonds. The molecule has 0 bridgehead atoms. The molecule has 0 aliphatic carbocycles. The lowest BCUT2D eigenvalue weighted by molar-refractivity contribution is -0.0459. The average Bonchev–Trinajstić information content (AvgIpc) is 3.25. The van der Waals surface area contributed by atoms with E-state index in [0.29, 0.717) is 5.56 Å². The smallest absolute Gasteiger partial charge is 0.256 e. The van der Waals surface area contributed by atoms with Crippen molar-refractivity contribution in [2.75, 3.05) is 11.9 Å². The highest BCUT2D eigenvalue weighted by Gasteiger charge is 2.45. The number of fused-ring (bicyclic) bond motifs is 1. The van der Waals surface area contributed by atoms with Crippen LogP contribution >= 0.6 is 0 Å². The van der Waals surface area contributed by atoms with E-state index in [0.717, 1.165) is 0 Å². The Morgan fingerprint density at radius 2 is 2.04 bits per heavy atom. The summed E-state index contributed by atoms with van der Waals surface area (Å²) in [7, 11) is 0. The number of amides is 1. The molecule has 3 unspecified atom stereocenters. The molecule has 3 aromatic rings. The highest BCUT2D eigenvalue weighted by molar-refractivity contribution is 6.06. The van der Waals surface area contributed by atoms with Crippen LogP contribution in [0.5, 0.6) is 0 Å². The minimum absolute atomic E-state index is 0.167. The number of aromatic nitrogens is 4. The summed E-state index contributed by atoms with van der Waals surface area (Å²) in [6, 6.07) is 8.58. The van der Waals surface area contributed by atoms with Crippen LogP contribution in [0.25, 0.3) is 11.2 Å². The molecule has 0 spiro atoms. The number of hydrogen-bond acceptors (Lipinski definition) is 7. The molecular formula is C17H16FN5O4. The van der Waals surface area contributed by atoms with Gasteiger partial charge in [-0.1, -0.05) is 18.2 Å². The van der Waals surface area contributed by atoms with Gasteiger partial charge in [-0.2, -0.15) is 0 Å². The highest BCUT2D eigenvalue weighted by atomic mass is 19.1. The van der Waals surface area contributed by atoms with Gasteiger partial charge in [0.1, 0.15) is 18.5 Å². The first-order chi connectivity index (χ1) is 13.1. The van der Waals surface area contributed by atoms with Crippen molar-refractivity contribution in [1.82, 2.24) is 19.5 Å². The minimum Gasteiger partial charge on any atom is -0.394 e. The minimum atomic E-state index is -1.77. The third-order valence-electron chi connectivity index (χ3n) is 4.37. The molecule has 1 fully saturated rings. The van der Waals surface area contributed by atoms with Gasteiger partial charge in [0.2, 0.25) is 0 Å². The van der Waals surface area contributed by atoms with E-state index in [2.05, 4.69) is 20.3 Å². The number of ether oxygens (including phenoxy) is 1. The number of imidazole rings is 1. The summed E-state index contributed by atoms with van der Waals surface area (Å²) >= 11 is 0. The average molecular weight is 373 g/mol. The van der Waals surface area contributed by atoms with E-state index in [4.69, 9.17) is 4.74 Å². The number of rotatable bonds is 4. The number of anilines is 1. The van der Waals surface area contributed by atoms with E-state index in [1.165, 1.54) is 17.2 Å². The van der Waals surface area contributed by atoms with Gasteiger partial charge in [-0.15, -0.1) is 0 Å². The first-order valence-electron chi connectivity index (χ1n) is 8.22. The van der Waals surface area contributed by atoms with Gasteiger partial charge < -0.3 is 20.3 Å². The van der Waals surface area contributed by atoms with E-state index < -0.39 is 31.2 Å². The summed E-state index contributed by atoms with van der Waals surface area (Å²) in [4.78, 5) is 24.6. The SMILES string of the molecule is O=C(Nc1ncnc2c1ncn2C1OC(CO)[C@@H](O)C1F)c1ccccc1. The van der Waals surface area contributed by atoms with Crippen molar-refractivity contribution in [3.63, 3.8) is 0 Å². The van der Waals surface area contributed by atoms with Crippen LogP contribution in [0.15, 0.2) is 43.0 Å². The molecule has 9 nitrogen and oxygen atoms in total. The van der Waals surface area contributed by atoms with E-state index >= 15 is 0 Å². The molecule has 4 rings (SSSR count). The topological polar surface area (TPSA) is 122 Å². The lowest BCUT2D eigenvalue weighted by Crippen LogP contribution is -2.30. The number of aliphatic hydroxyl groups is 2. The normalized spacial score (nSPS) is 25.0. The maximum Gasteiger partial charge on any atom is 0.256 e. The number of carbonyl (C=O) groups excluding carboxylic acids is 1. The Bertz CT molecular complexity index is 966. The fourth-order valence-electron chi connectivity index (χ4n) is 2.98. The zero-order valence-corrected chi connectivity index (χ0v) is 13.9. The Labute approximate surface area is 152 Å². The van der Waals surface area contributed by atoms with Crippen LogP contribution in [0.1, 0.15) is 16.6 Å². The third-order valence-corrected chi connectivity index (χ3v) is 4.37. The molecule has 1 aromatic carbocycles. The Morgan fingerprint density at radius 1 is 1.26 bits per heavy atom. The summed E-state index contributed by atoms with van der Waals surface area (Å²) in [5.41, 5.74) is 0.923. The lowest BCUT2D eigenvalue weighted by Gasteiger charge is -2.15. The predicted octanol–water partition coefficient (Wildman–Crippen LogP) is 0.667. The Balaban J connectivity index is 1.65. The van der Waals surface area contributed by atoms with Crippen molar-refractivity contribution in [3.05, 3.63) is 48.5 Å². The number of halogens is 1. The predicted molar refractivity (Wildman–Crippen MR) is 91.6 cm³/mol. The second-order valence-electron chi connectivity index (χ2n) is 6.05. The van der Waals surface area contributed by atoms with Crippen LogP contribution in [0, 0.1) is 0 Å². The number of carbonyl (C=O) groups is 1. The lowest BCUT2D eigenvalue weighted by atomic mass is 10.1. The van der Waals surface area contributed by atoms with E-state index in [1.807, 2.05) is 0 Å². The molecule has 1 aliphatic rings. The summed E-state index contributed by atoms with van der Waals surface area (Å²) in [5.74, 6) is -0.207. The maximum absolute atomic E-state index is 14.4. The van der Waals surface area contributed by atoms with Crippen molar-refractivity contribution in [2.45, 2.75) is 24.6 Å². The van der Waals surface area contributed by atoms with Gasteiger partial charge in [-0.05, 0) is 12.1 Å². The summed E-state index contributed by atoms with van der Waals surface area (Å²) in [6.45, 7) is -0.516. The highest BCUT2D eigenvalue weighted by Crippen LogP contribution is 2.34. The molecule has 27 heavy (non-hydrogen) atoms. The molecule has 0 saturated carbocycles. The van der Waals surface area contributed by atoms with Crippen molar-refractivity contribution in [2.24, 2.45) is 0 Å². The van der Waals surface area contributed by atoms with Crippen LogP contribution in [0.4, 0.5) is 10.2 Å². The van der Waals surface area contributed by atoms with Crippen LogP contribution in [-0.4, -0.2) is 60.6 Å². The number of nitrogens with zero attached hydrogens (tertiary/aromatic N) is 4. The second kappa shape index (κ2) is 6.99. The molecule has 1 saturated heterocycles. The van der Waals surface area contributed by atoms with Gasteiger partial charge in [-0.25, -0.2) is 19.3 Å². The van der Waals surface area contributed by atoms with E-state index in [9.17, 15) is 19.4 Å². The molecule has 0 radical (unpaired) electrons. The fraction of sp³-hybridized carbons (Fsp3) is 0.294. The zero-order valence-electron chi connectivity index (χ0n) is 13.9. The molecule has 4 atom stereocenters. The number of nitrogens with one attached hydrogen (secondary N) is 1. The summed E-state index contributed by atoms with van der Waals surface area (Å²) in [6.07, 6.45) is -2.96. The van der Waals surface area contributed by atoms with Crippen molar-refractivity contribution < 1.29 is 24.1 Å². The Kier molecular flexibility index (Phi) is 4.52. The standard InChI is InChI=1S/C17H16FN5O4/c18-11-13(25)10(6-24)27-17(11)23-8-21-12-14(19-7-20-15(12)23)22-16(26)9-4-2-1-3-5-9/h1-5,7-8,10-11,13,17,24-25H,6H2,(H,19,20,22,26)/t10?,11?,13-,17?/m1/s1. The summed E-state index contributed by atoms with van der Waals surface area (Å²) in [5, 5.41) is 21.7. The van der Waals surface area contributed by atoms with Crippen LogP contribution in [0.2, 0.25) is 0 Å². The van der Waals surface area contributed by atoms with Gasteiger partial charge in [0.25, 0.3) is 5.91 Å². The second-order valence-corrected chi connectivity index (χ2v) is 6.05. The quantitative estimate of drug-likeness (QED) is 0.614. The van der Waals surface area contributed by atoms with Gasteiger partial charge in [0.05, 0.1) is 12.9 Å². The van der Waals surface area contributed by atoms with Crippen LogP contribution in [-0.2, 0) is 4.74 Å². The van der Waals surface area contributed by atoms with E-state index in [1.54, 1.807) is 30.3 Å². The van der Waals surface area contributed by atoms with Crippen LogP contribution < -0.4 is 5.32 Å². The monoisotopic (exact) mass is 373 g/mol. The largest absolute Gasteiger partial charge is 0.394 e. The third kappa shape index (κ3) is 3.03. The maximum atomic E-state index is 14.4. The fourth-order valence-corrected chi connectivity index (χ4v) is 2.98. The molecule has 3 heterocycles. The summed E-state index contributed by atoms with van der Waals surface area (Å²) < 4.78 is 21.1.